The number of nitrogens with two attached hydrogens (primary N) is 1. The van der Waals surface area contributed by atoms with Crippen LogP contribution in [0.5, 0.6) is 5.75 Å². The van der Waals surface area contributed by atoms with Gasteiger partial charge in [0.05, 0.1) is 13.0 Å². The molecule has 1 heterocycles. The summed E-state index contributed by atoms with van der Waals surface area (Å²) in [5.74, 6) is 0.0660. The van der Waals surface area contributed by atoms with Crippen LogP contribution in [-0.4, -0.2) is 12.1 Å². The fourth-order valence-electron chi connectivity index (χ4n) is 1.11. The van der Waals surface area contributed by atoms with Gasteiger partial charge in [0.15, 0.2) is 11.4 Å². The minimum absolute atomic E-state index is 0.00389. The number of ether oxygens (including phenoxy) is 1. The predicted molar refractivity (Wildman–Crippen MR) is 49.7 cm³/mol. The van der Waals surface area contributed by atoms with E-state index in [-0.39, 0.29) is 17.4 Å². The van der Waals surface area contributed by atoms with Gasteiger partial charge in [0, 0.05) is 5.56 Å². The summed E-state index contributed by atoms with van der Waals surface area (Å²) < 4.78 is 29.7. The molecule has 78 valence electrons. The first kappa shape index (κ1) is 11.0. The zero-order chi connectivity index (χ0) is 10.7. The van der Waals surface area contributed by atoms with Crippen LogP contribution in [-0.2, 0) is 5.88 Å². The van der Waals surface area contributed by atoms with E-state index in [1.165, 1.54) is 13.2 Å². The minimum Gasteiger partial charge on any atom is -0.494 e. The first-order chi connectivity index (χ1) is 6.60. The first-order valence-electron chi connectivity index (χ1n) is 3.77. The molecule has 1 aromatic heterocycles. The Morgan fingerprint density at radius 1 is 1.64 bits per heavy atom. The molecule has 0 aromatic carbocycles. The second-order valence-electron chi connectivity index (χ2n) is 2.56. The molecule has 0 aliphatic heterocycles. The van der Waals surface area contributed by atoms with Crippen molar-refractivity contribution in [3.05, 3.63) is 17.3 Å². The van der Waals surface area contributed by atoms with Crippen LogP contribution < -0.4 is 10.5 Å². The van der Waals surface area contributed by atoms with Crippen LogP contribution in [0.3, 0.4) is 0 Å². The molecule has 14 heavy (non-hydrogen) atoms. The topological polar surface area (TPSA) is 48.1 Å². The van der Waals surface area contributed by atoms with Crippen LogP contribution in [0.25, 0.3) is 0 Å². The summed E-state index contributed by atoms with van der Waals surface area (Å²) in [7, 11) is 1.29. The van der Waals surface area contributed by atoms with E-state index in [1.54, 1.807) is 0 Å². The van der Waals surface area contributed by atoms with E-state index in [2.05, 4.69) is 4.98 Å². The normalized spacial score (nSPS) is 10.6. The number of methoxy groups -OCH3 is 1. The number of alkyl halides is 3. The zero-order valence-electron chi connectivity index (χ0n) is 7.43. The molecule has 0 unspecified atom stereocenters. The Hall–Kier alpha value is -1.10. The van der Waals surface area contributed by atoms with E-state index in [4.69, 9.17) is 22.1 Å². The average Bonchev–Trinajstić information content (AvgIpc) is 2.16. The highest BCUT2D eigenvalue weighted by Crippen LogP contribution is 2.32. The second kappa shape index (κ2) is 4.41. The van der Waals surface area contributed by atoms with Crippen molar-refractivity contribution in [2.75, 3.05) is 12.8 Å². The second-order valence-corrected chi connectivity index (χ2v) is 2.83. The van der Waals surface area contributed by atoms with Crippen LogP contribution in [0, 0.1) is 0 Å². The number of hydrogen-bond donors (Lipinski definition) is 1. The predicted octanol–water partition coefficient (Wildman–Crippen LogP) is 2.35. The Kier molecular flexibility index (Phi) is 3.46. The Morgan fingerprint density at radius 3 is 2.71 bits per heavy atom. The van der Waals surface area contributed by atoms with Gasteiger partial charge in [-0.15, -0.1) is 11.6 Å². The highest BCUT2D eigenvalue weighted by Gasteiger charge is 2.19. The summed E-state index contributed by atoms with van der Waals surface area (Å²) in [5.41, 5.74) is 5.28. The first-order valence-corrected chi connectivity index (χ1v) is 4.31. The van der Waals surface area contributed by atoms with Crippen molar-refractivity contribution in [3.8, 4) is 5.75 Å². The van der Waals surface area contributed by atoms with E-state index in [0.717, 1.165) is 0 Å². The largest absolute Gasteiger partial charge is 0.494 e. The number of hydrogen-bond acceptors (Lipinski definition) is 3. The number of pyridine rings is 1. The maximum Gasteiger partial charge on any atom is 0.284 e. The molecule has 0 aliphatic carbocycles. The average molecular weight is 223 g/mol. The van der Waals surface area contributed by atoms with Crippen molar-refractivity contribution in [1.82, 2.24) is 4.98 Å². The molecule has 0 saturated heterocycles. The lowest BCUT2D eigenvalue weighted by atomic mass is 10.2. The van der Waals surface area contributed by atoms with E-state index in [9.17, 15) is 8.78 Å². The summed E-state index contributed by atoms with van der Waals surface area (Å²) >= 11 is 5.55. The van der Waals surface area contributed by atoms with Gasteiger partial charge in [-0.25, -0.2) is 13.8 Å². The quantitative estimate of drug-likeness (QED) is 0.799. The third-order valence-electron chi connectivity index (χ3n) is 1.65. The van der Waals surface area contributed by atoms with Gasteiger partial charge < -0.3 is 10.5 Å². The molecule has 6 heteroatoms. The Balaban J connectivity index is 3.31. The van der Waals surface area contributed by atoms with Gasteiger partial charge in [0.25, 0.3) is 6.43 Å². The molecule has 3 nitrogen and oxygen atoms in total. The summed E-state index contributed by atoms with van der Waals surface area (Å²) in [4.78, 5) is 3.50. The number of nitrogens with zero attached hydrogens (tertiary/aromatic N) is 1. The van der Waals surface area contributed by atoms with E-state index >= 15 is 0 Å². The third-order valence-corrected chi connectivity index (χ3v) is 1.94. The number of halogens is 3. The molecule has 1 rings (SSSR count). The fourth-order valence-corrected chi connectivity index (χ4v) is 1.31. The fraction of sp³-hybridized carbons (Fsp3) is 0.375. The van der Waals surface area contributed by atoms with E-state index in [1.807, 2.05) is 0 Å². The van der Waals surface area contributed by atoms with Crippen molar-refractivity contribution in [1.29, 1.82) is 0 Å². The monoisotopic (exact) mass is 222 g/mol. The molecule has 0 bridgehead atoms. The number of nitrogen functional groups attached to an aromatic ring is 1. The maximum absolute atomic E-state index is 12.5. The molecule has 2 N–H and O–H groups in total. The minimum atomic E-state index is -2.73. The molecular weight excluding hydrogens is 214 g/mol. The van der Waals surface area contributed by atoms with Crippen LogP contribution in [0.15, 0.2) is 6.07 Å². The highest BCUT2D eigenvalue weighted by molar-refractivity contribution is 6.17. The molecule has 0 saturated carbocycles. The van der Waals surface area contributed by atoms with Crippen LogP contribution in [0.2, 0.25) is 0 Å². The van der Waals surface area contributed by atoms with Crippen LogP contribution in [0.1, 0.15) is 17.7 Å². The molecule has 0 radical (unpaired) electrons. The highest BCUT2D eigenvalue weighted by atomic mass is 35.5. The SMILES string of the molecule is COc1c(CCl)cc(N)nc1C(F)F. The van der Waals surface area contributed by atoms with Crippen molar-refractivity contribution >= 4 is 17.4 Å². The number of aromatic nitrogens is 1. The van der Waals surface area contributed by atoms with Crippen LogP contribution in [0.4, 0.5) is 14.6 Å². The number of rotatable bonds is 3. The van der Waals surface area contributed by atoms with Crippen LogP contribution >= 0.6 is 11.6 Å². The molecular formula is C8H9ClF2N2O. The smallest absolute Gasteiger partial charge is 0.284 e. The Morgan fingerprint density at radius 2 is 2.29 bits per heavy atom. The van der Waals surface area contributed by atoms with Gasteiger partial charge in [-0.2, -0.15) is 0 Å². The van der Waals surface area contributed by atoms with E-state index in [0.29, 0.717) is 5.56 Å². The van der Waals surface area contributed by atoms with Crippen molar-refractivity contribution < 1.29 is 13.5 Å². The molecule has 0 spiro atoms. The van der Waals surface area contributed by atoms with Crippen molar-refractivity contribution in [2.45, 2.75) is 12.3 Å². The molecule has 0 atom stereocenters. The van der Waals surface area contributed by atoms with Gasteiger partial charge in [0.1, 0.15) is 5.82 Å². The maximum atomic E-state index is 12.5. The van der Waals surface area contributed by atoms with Gasteiger partial charge in [-0.3, -0.25) is 0 Å². The summed E-state index contributed by atoms with van der Waals surface area (Å²) in [6.07, 6.45) is -2.73. The Labute approximate surface area is 84.8 Å². The number of anilines is 1. The van der Waals surface area contributed by atoms with Crippen molar-refractivity contribution in [2.24, 2.45) is 0 Å². The summed E-state index contributed by atoms with van der Waals surface area (Å²) in [6.45, 7) is 0. The standard InChI is InChI=1S/C8H9ClF2N2O/c1-14-7-4(3-9)2-5(12)13-6(7)8(10)11/h2,8H,3H2,1H3,(H2,12,13). The van der Waals surface area contributed by atoms with Crippen molar-refractivity contribution in [3.63, 3.8) is 0 Å². The zero-order valence-corrected chi connectivity index (χ0v) is 8.18. The lowest BCUT2D eigenvalue weighted by Crippen LogP contribution is -2.03. The van der Waals surface area contributed by atoms with Gasteiger partial charge in [0.2, 0.25) is 0 Å². The van der Waals surface area contributed by atoms with Gasteiger partial charge in [-0.05, 0) is 6.07 Å². The molecule has 0 aliphatic rings. The Bertz CT molecular complexity index is 333. The lowest BCUT2D eigenvalue weighted by molar-refractivity contribution is 0.141. The van der Waals surface area contributed by atoms with Gasteiger partial charge >= 0.3 is 0 Å². The summed E-state index contributed by atoms with van der Waals surface area (Å²) in [5, 5.41) is 0. The lowest BCUT2D eigenvalue weighted by Gasteiger charge is -2.11. The molecule has 0 amide bonds. The summed E-state index contributed by atoms with van der Waals surface area (Å²) in [6, 6.07) is 1.41. The van der Waals surface area contributed by atoms with E-state index < -0.39 is 12.1 Å². The molecule has 0 fully saturated rings. The third kappa shape index (κ3) is 2.04. The van der Waals surface area contributed by atoms with Gasteiger partial charge in [-0.1, -0.05) is 0 Å². The molecule has 1 aromatic rings.